The molecule has 3 rings (SSSR count). The molecule has 128 valence electrons. The summed E-state index contributed by atoms with van der Waals surface area (Å²) in [5.41, 5.74) is 0.833. The molecule has 0 aromatic heterocycles. The molecule has 0 N–H and O–H groups in total. The van der Waals surface area contributed by atoms with E-state index in [0.29, 0.717) is 19.7 Å². The van der Waals surface area contributed by atoms with E-state index in [2.05, 4.69) is 0 Å². The SMILES string of the molecule is O=S(=O)(Cc1ccccc1)N1CCCC(COc2ccccc2)C1. The number of rotatable bonds is 6. The lowest BCUT2D eigenvalue weighted by Crippen LogP contribution is -2.42. The Morgan fingerprint density at radius 2 is 1.67 bits per heavy atom. The van der Waals surface area contributed by atoms with Crippen molar-refractivity contribution in [3.63, 3.8) is 0 Å². The first-order valence-electron chi connectivity index (χ1n) is 8.33. The first kappa shape index (κ1) is 17.0. The number of hydrogen-bond acceptors (Lipinski definition) is 3. The van der Waals surface area contributed by atoms with Crippen LogP contribution in [0.25, 0.3) is 0 Å². The maximum atomic E-state index is 12.7. The van der Waals surface area contributed by atoms with Gasteiger partial charge in [0, 0.05) is 19.0 Å². The molecule has 4 nitrogen and oxygen atoms in total. The van der Waals surface area contributed by atoms with Crippen LogP contribution >= 0.6 is 0 Å². The number of benzene rings is 2. The van der Waals surface area contributed by atoms with Crippen LogP contribution in [-0.4, -0.2) is 32.4 Å². The molecule has 24 heavy (non-hydrogen) atoms. The van der Waals surface area contributed by atoms with Crippen LogP contribution in [0.4, 0.5) is 0 Å². The van der Waals surface area contributed by atoms with Crippen LogP contribution in [0.15, 0.2) is 60.7 Å². The third-order valence-corrected chi connectivity index (χ3v) is 6.11. The summed E-state index contributed by atoms with van der Waals surface area (Å²) in [4.78, 5) is 0. The van der Waals surface area contributed by atoms with Gasteiger partial charge in [-0.2, -0.15) is 0 Å². The maximum Gasteiger partial charge on any atom is 0.218 e. The van der Waals surface area contributed by atoms with Crippen molar-refractivity contribution in [1.29, 1.82) is 0 Å². The fraction of sp³-hybridized carbons (Fsp3) is 0.368. The van der Waals surface area contributed by atoms with Crippen molar-refractivity contribution < 1.29 is 13.2 Å². The Morgan fingerprint density at radius 3 is 2.38 bits per heavy atom. The average Bonchev–Trinajstić information content (AvgIpc) is 2.62. The fourth-order valence-electron chi connectivity index (χ4n) is 3.02. The van der Waals surface area contributed by atoms with Crippen LogP contribution in [0.1, 0.15) is 18.4 Å². The number of hydrogen-bond donors (Lipinski definition) is 0. The van der Waals surface area contributed by atoms with E-state index in [1.54, 1.807) is 4.31 Å². The highest BCUT2D eigenvalue weighted by Crippen LogP contribution is 2.22. The number of para-hydroxylation sites is 1. The molecule has 0 spiro atoms. The lowest BCUT2D eigenvalue weighted by atomic mass is 10.0. The second-order valence-electron chi connectivity index (χ2n) is 6.23. The second kappa shape index (κ2) is 7.81. The van der Waals surface area contributed by atoms with Crippen LogP contribution in [0.5, 0.6) is 5.75 Å². The summed E-state index contributed by atoms with van der Waals surface area (Å²) in [7, 11) is -3.27. The number of nitrogens with zero attached hydrogens (tertiary/aromatic N) is 1. The molecule has 1 atom stereocenters. The molecule has 1 heterocycles. The molecular weight excluding hydrogens is 322 g/mol. The zero-order valence-corrected chi connectivity index (χ0v) is 14.5. The van der Waals surface area contributed by atoms with Gasteiger partial charge >= 0.3 is 0 Å². The van der Waals surface area contributed by atoms with Crippen molar-refractivity contribution in [3.05, 3.63) is 66.2 Å². The molecule has 1 aliphatic heterocycles. The number of piperidine rings is 1. The molecule has 1 fully saturated rings. The summed E-state index contributed by atoms with van der Waals surface area (Å²) in [6.07, 6.45) is 1.89. The molecule has 1 saturated heterocycles. The monoisotopic (exact) mass is 345 g/mol. The van der Waals surface area contributed by atoms with Crippen LogP contribution in [-0.2, 0) is 15.8 Å². The maximum absolute atomic E-state index is 12.7. The summed E-state index contributed by atoms with van der Waals surface area (Å²) in [5.74, 6) is 1.14. The predicted molar refractivity (Wildman–Crippen MR) is 95.3 cm³/mol. The largest absolute Gasteiger partial charge is 0.493 e. The summed E-state index contributed by atoms with van der Waals surface area (Å²) in [6, 6.07) is 19.0. The third-order valence-electron chi connectivity index (χ3n) is 4.30. The minimum absolute atomic E-state index is 0.0695. The van der Waals surface area contributed by atoms with Gasteiger partial charge in [0.25, 0.3) is 0 Å². The second-order valence-corrected chi connectivity index (χ2v) is 8.20. The van der Waals surface area contributed by atoms with Crippen molar-refractivity contribution in [2.75, 3.05) is 19.7 Å². The molecule has 2 aromatic rings. The van der Waals surface area contributed by atoms with E-state index in [1.807, 2.05) is 60.7 Å². The molecule has 0 saturated carbocycles. The quantitative estimate of drug-likeness (QED) is 0.807. The topological polar surface area (TPSA) is 46.6 Å². The molecular formula is C19H23NO3S. The van der Waals surface area contributed by atoms with Crippen molar-refractivity contribution in [2.24, 2.45) is 5.92 Å². The van der Waals surface area contributed by atoms with Crippen LogP contribution < -0.4 is 4.74 Å². The van der Waals surface area contributed by atoms with E-state index in [1.165, 1.54) is 0 Å². The molecule has 2 aromatic carbocycles. The lowest BCUT2D eigenvalue weighted by molar-refractivity contribution is 0.180. The molecule has 1 aliphatic rings. The van der Waals surface area contributed by atoms with E-state index >= 15 is 0 Å². The first-order valence-corrected chi connectivity index (χ1v) is 9.94. The molecule has 0 radical (unpaired) electrons. The van der Waals surface area contributed by atoms with Crippen LogP contribution in [0.2, 0.25) is 0 Å². The summed E-state index contributed by atoms with van der Waals surface area (Å²) in [6.45, 7) is 1.71. The van der Waals surface area contributed by atoms with Gasteiger partial charge in [-0.25, -0.2) is 12.7 Å². The molecule has 0 aliphatic carbocycles. The zero-order chi connectivity index (χ0) is 16.8. The smallest absolute Gasteiger partial charge is 0.218 e. The fourth-order valence-corrected chi connectivity index (χ4v) is 4.66. The Balaban J connectivity index is 1.58. The highest BCUT2D eigenvalue weighted by Gasteiger charge is 2.29. The predicted octanol–water partition coefficient (Wildman–Crippen LogP) is 3.31. The van der Waals surface area contributed by atoms with Gasteiger partial charge in [0.05, 0.1) is 12.4 Å². The van der Waals surface area contributed by atoms with Gasteiger partial charge in [0.2, 0.25) is 10.0 Å². The summed E-state index contributed by atoms with van der Waals surface area (Å²) in [5, 5.41) is 0. The van der Waals surface area contributed by atoms with Gasteiger partial charge in [-0.3, -0.25) is 0 Å². The summed E-state index contributed by atoms with van der Waals surface area (Å²) >= 11 is 0. The van der Waals surface area contributed by atoms with Crippen molar-refractivity contribution in [3.8, 4) is 5.75 Å². The Morgan fingerprint density at radius 1 is 1.00 bits per heavy atom. The highest BCUT2D eigenvalue weighted by atomic mass is 32.2. The molecule has 5 heteroatoms. The van der Waals surface area contributed by atoms with E-state index in [9.17, 15) is 8.42 Å². The van der Waals surface area contributed by atoms with Crippen LogP contribution in [0, 0.1) is 5.92 Å². The summed E-state index contributed by atoms with van der Waals surface area (Å²) < 4.78 is 32.8. The van der Waals surface area contributed by atoms with Crippen molar-refractivity contribution in [1.82, 2.24) is 4.31 Å². The van der Waals surface area contributed by atoms with E-state index < -0.39 is 10.0 Å². The molecule has 0 amide bonds. The molecule has 0 bridgehead atoms. The molecule has 1 unspecified atom stereocenters. The minimum atomic E-state index is -3.27. The van der Waals surface area contributed by atoms with Crippen LogP contribution in [0.3, 0.4) is 0 Å². The zero-order valence-electron chi connectivity index (χ0n) is 13.7. The first-order chi connectivity index (χ1) is 11.6. The van der Waals surface area contributed by atoms with Gasteiger partial charge < -0.3 is 4.74 Å². The van der Waals surface area contributed by atoms with Crippen molar-refractivity contribution >= 4 is 10.0 Å². The Labute approximate surface area is 144 Å². The standard InChI is InChI=1S/C19H23NO3S/c21-24(22,16-17-8-3-1-4-9-17)20-13-7-10-18(14-20)15-23-19-11-5-2-6-12-19/h1-6,8-9,11-12,18H,7,10,13-16H2. The van der Waals surface area contributed by atoms with Gasteiger partial charge in [0.15, 0.2) is 0 Å². The van der Waals surface area contributed by atoms with E-state index in [4.69, 9.17) is 4.74 Å². The van der Waals surface area contributed by atoms with Gasteiger partial charge in [0.1, 0.15) is 5.75 Å². The number of sulfonamides is 1. The number of ether oxygens (including phenoxy) is 1. The third kappa shape index (κ3) is 4.58. The highest BCUT2D eigenvalue weighted by molar-refractivity contribution is 7.88. The van der Waals surface area contributed by atoms with Gasteiger partial charge in [-0.15, -0.1) is 0 Å². The van der Waals surface area contributed by atoms with Gasteiger partial charge in [-0.1, -0.05) is 48.5 Å². The average molecular weight is 345 g/mol. The minimum Gasteiger partial charge on any atom is -0.493 e. The lowest BCUT2D eigenvalue weighted by Gasteiger charge is -2.31. The Bertz CT molecular complexity index is 732. The van der Waals surface area contributed by atoms with E-state index in [0.717, 1.165) is 24.2 Å². The van der Waals surface area contributed by atoms with Gasteiger partial charge in [-0.05, 0) is 30.5 Å². The Hall–Kier alpha value is -1.85. The Kier molecular flexibility index (Phi) is 5.53. The van der Waals surface area contributed by atoms with E-state index in [-0.39, 0.29) is 11.7 Å². The normalized spacial score (nSPS) is 19.1. The van der Waals surface area contributed by atoms with Crippen molar-refractivity contribution in [2.45, 2.75) is 18.6 Å².